The Labute approximate surface area is 99.1 Å². The van der Waals surface area contributed by atoms with Crippen molar-refractivity contribution in [1.82, 2.24) is 4.90 Å². The summed E-state index contributed by atoms with van der Waals surface area (Å²) in [6.45, 7) is 12.4. The lowest BCUT2D eigenvalue weighted by Crippen LogP contribution is -2.51. The average Bonchev–Trinajstić information content (AvgIpc) is 2.16. The first kappa shape index (κ1) is 13.7. The zero-order valence-electron chi connectivity index (χ0n) is 11.2. The van der Waals surface area contributed by atoms with E-state index in [4.69, 9.17) is 4.74 Å². The predicted octanol–water partition coefficient (Wildman–Crippen LogP) is 2.10. The number of hydrogen-bond donors (Lipinski definition) is 0. The Morgan fingerprint density at radius 1 is 1.44 bits per heavy atom. The van der Waals surface area contributed by atoms with E-state index < -0.39 is 0 Å². The third-order valence-electron chi connectivity index (χ3n) is 3.24. The van der Waals surface area contributed by atoms with E-state index in [2.05, 4.69) is 18.7 Å². The van der Waals surface area contributed by atoms with Gasteiger partial charge in [0.25, 0.3) is 0 Å². The van der Waals surface area contributed by atoms with Gasteiger partial charge < -0.3 is 4.74 Å². The maximum absolute atomic E-state index is 12.0. The van der Waals surface area contributed by atoms with Gasteiger partial charge in [-0.15, -0.1) is 0 Å². The van der Waals surface area contributed by atoms with Gasteiger partial charge >= 0.3 is 0 Å². The summed E-state index contributed by atoms with van der Waals surface area (Å²) in [5, 5.41) is 0. The van der Waals surface area contributed by atoms with Crippen LogP contribution in [0.15, 0.2) is 0 Å². The molecule has 3 nitrogen and oxygen atoms in total. The van der Waals surface area contributed by atoms with Crippen molar-refractivity contribution in [1.29, 1.82) is 0 Å². The molecule has 16 heavy (non-hydrogen) atoms. The number of rotatable bonds is 3. The summed E-state index contributed by atoms with van der Waals surface area (Å²) in [6, 6.07) is 0.405. The molecule has 0 N–H and O–H groups in total. The van der Waals surface area contributed by atoms with Crippen LogP contribution in [0.3, 0.4) is 0 Å². The van der Waals surface area contributed by atoms with Gasteiger partial charge in [-0.2, -0.15) is 0 Å². The first-order valence-electron chi connectivity index (χ1n) is 6.23. The van der Waals surface area contributed by atoms with Crippen molar-refractivity contribution in [3.63, 3.8) is 0 Å². The summed E-state index contributed by atoms with van der Waals surface area (Å²) in [7, 11) is 0. The molecule has 0 aromatic heterocycles. The molecule has 1 heterocycles. The van der Waals surface area contributed by atoms with Gasteiger partial charge in [-0.25, -0.2) is 0 Å². The quantitative estimate of drug-likeness (QED) is 0.739. The Morgan fingerprint density at radius 3 is 2.56 bits per heavy atom. The number of carbonyl (C=O) groups is 1. The molecule has 0 radical (unpaired) electrons. The molecule has 2 atom stereocenters. The van der Waals surface area contributed by atoms with Crippen molar-refractivity contribution in [2.45, 2.75) is 53.2 Å². The second kappa shape index (κ2) is 5.28. The second-order valence-corrected chi connectivity index (χ2v) is 5.81. The highest BCUT2D eigenvalue weighted by atomic mass is 16.5. The minimum Gasteiger partial charge on any atom is -0.376 e. The number of nitrogens with zero attached hydrogens (tertiary/aromatic N) is 1. The lowest BCUT2D eigenvalue weighted by atomic mass is 9.90. The number of carbonyl (C=O) groups excluding carboxylic acids is 1. The van der Waals surface area contributed by atoms with Crippen LogP contribution in [0.5, 0.6) is 0 Å². The van der Waals surface area contributed by atoms with Crippen LogP contribution >= 0.6 is 0 Å². The van der Waals surface area contributed by atoms with Crippen molar-refractivity contribution < 1.29 is 9.53 Å². The van der Waals surface area contributed by atoms with Crippen LogP contribution in [0, 0.1) is 5.41 Å². The molecular weight excluding hydrogens is 202 g/mol. The van der Waals surface area contributed by atoms with E-state index in [1.54, 1.807) is 0 Å². The number of ether oxygens (including phenoxy) is 1. The van der Waals surface area contributed by atoms with E-state index in [9.17, 15) is 4.79 Å². The normalized spacial score (nSPS) is 28.1. The van der Waals surface area contributed by atoms with Crippen LogP contribution in [-0.4, -0.2) is 42.5 Å². The molecule has 0 spiro atoms. The highest BCUT2D eigenvalue weighted by molar-refractivity contribution is 5.85. The summed E-state index contributed by atoms with van der Waals surface area (Å²) >= 11 is 0. The molecule has 0 aromatic carbocycles. The average molecular weight is 227 g/mol. The van der Waals surface area contributed by atoms with Gasteiger partial charge in [0, 0.05) is 18.0 Å². The van der Waals surface area contributed by atoms with Gasteiger partial charge in [-0.1, -0.05) is 27.7 Å². The van der Waals surface area contributed by atoms with E-state index in [-0.39, 0.29) is 11.5 Å². The summed E-state index contributed by atoms with van der Waals surface area (Å²) < 4.78 is 5.63. The Hall–Kier alpha value is -0.410. The van der Waals surface area contributed by atoms with Crippen molar-refractivity contribution in [3.05, 3.63) is 0 Å². The highest BCUT2D eigenvalue weighted by Crippen LogP contribution is 2.19. The maximum Gasteiger partial charge on any atom is 0.152 e. The van der Waals surface area contributed by atoms with Gasteiger partial charge in [0.1, 0.15) is 0 Å². The summed E-state index contributed by atoms with van der Waals surface area (Å²) in [6.07, 6.45) is 1.29. The zero-order chi connectivity index (χ0) is 12.3. The standard InChI is InChI=1S/C13H25NO2/c1-6-11-9-16-10(2)7-14(11)8-12(15)13(3,4)5/h10-11H,6-9H2,1-5H3. The van der Waals surface area contributed by atoms with Crippen molar-refractivity contribution in [2.24, 2.45) is 5.41 Å². The van der Waals surface area contributed by atoms with Crippen LogP contribution in [-0.2, 0) is 9.53 Å². The molecule has 0 saturated carbocycles. The topological polar surface area (TPSA) is 29.5 Å². The molecule has 1 rings (SSSR count). The molecule has 1 aliphatic rings. The maximum atomic E-state index is 12.0. The fraction of sp³-hybridized carbons (Fsp3) is 0.923. The SMILES string of the molecule is CCC1COC(C)CN1CC(=O)C(C)(C)C. The monoisotopic (exact) mass is 227 g/mol. The minimum atomic E-state index is -0.236. The minimum absolute atomic E-state index is 0.236. The summed E-state index contributed by atoms with van der Waals surface area (Å²) in [4.78, 5) is 14.3. The molecule has 0 aliphatic carbocycles. The van der Waals surface area contributed by atoms with Crippen molar-refractivity contribution in [3.8, 4) is 0 Å². The molecule has 1 saturated heterocycles. The third-order valence-corrected chi connectivity index (χ3v) is 3.24. The van der Waals surface area contributed by atoms with E-state index in [0.717, 1.165) is 19.6 Å². The first-order chi connectivity index (χ1) is 7.34. The predicted molar refractivity (Wildman–Crippen MR) is 65.5 cm³/mol. The molecular formula is C13H25NO2. The van der Waals surface area contributed by atoms with Crippen LogP contribution < -0.4 is 0 Å². The van der Waals surface area contributed by atoms with Gasteiger partial charge in [-0.05, 0) is 13.3 Å². The van der Waals surface area contributed by atoms with E-state index in [0.29, 0.717) is 18.4 Å². The second-order valence-electron chi connectivity index (χ2n) is 5.81. The molecule has 3 heteroatoms. The van der Waals surface area contributed by atoms with Gasteiger partial charge in [-0.3, -0.25) is 9.69 Å². The highest BCUT2D eigenvalue weighted by Gasteiger charge is 2.30. The molecule has 1 fully saturated rings. The lowest BCUT2D eigenvalue weighted by molar-refractivity contribution is -0.131. The summed E-state index contributed by atoms with van der Waals surface area (Å²) in [5.41, 5.74) is -0.236. The van der Waals surface area contributed by atoms with Crippen LogP contribution in [0.25, 0.3) is 0 Å². The van der Waals surface area contributed by atoms with E-state index >= 15 is 0 Å². The van der Waals surface area contributed by atoms with Crippen LogP contribution in [0.2, 0.25) is 0 Å². The van der Waals surface area contributed by atoms with Crippen LogP contribution in [0.4, 0.5) is 0 Å². The Balaban J connectivity index is 2.59. The fourth-order valence-corrected chi connectivity index (χ4v) is 1.90. The number of Topliss-reactive ketones (excluding diaryl/α,β-unsaturated/α-hetero) is 1. The molecule has 0 bridgehead atoms. The zero-order valence-corrected chi connectivity index (χ0v) is 11.2. The Morgan fingerprint density at radius 2 is 2.06 bits per heavy atom. The fourth-order valence-electron chi connectivity index (χ4n) is 1.90. The number of ketones is 1. The van der Waals surface area contributed by atoms with Crippen LogP contribution in [0.1, 0.15) is 41.0 Å². The largest absolute Gasteiger partial charge is 0.376 e. The van der Waals surface area contributed by atoms with E-state index in [1.807, 2.05) is 20.8 Å². The Bertz CT molecular complexity index is 245. The Kier molecular flexibility index (Phi) is 4.51. The van der Waals surface area contributed by atoms with Gasteiger partial charge in [0.15, 0.2) is 5.78 Å². The molecule has 1 aliphatic heterocycles. The smallest absolute Gasteiger partial charge is 0.152 e. The van der Waals surface area contributed by atoms with E-state index in [1.165, 1.54) is 0 Å². The summed E-state index contributed by atoms with van der Waals surface area (Å²) in [5.74, 6) is 0.319. The number of hydrogen-bond acceptors (Lipinski definition) is 3. The lowest BCUT2D eigenvalue weighted by Gasteiger charge is -2.38. The third kappa shape index (κ3) is 3.56. The van der Waals surface area contributed by atoms with Crippen molar-refractivity contribution in [2.75, 3.05) is 19.7 Å². The first-order valence-corrected chi connectivity index (χ1v) is 6.23. The number of morpholine rings is 1. The molecule has 94 valence electrons. The molecule has 0 amide bonds. The van der Waals surface area contributed by atoms with Gasteiger partial charge in [0.2, 0.25) is 0 Å². The molecule has 0 aromatic rings. The van der Waals surface area contributed by atoms with Gasteiger partial charge in [0.05, 0.1) is 19.3 Å². The van der Waals surface area contributed by atoms with Crippen molar-refractivity contribution >= 4 is 5.78 Å². The molecule has 2 unspecified atom stereocenters.